The highest BCUT2D eigenvalue weighted by atomic mass is 35.5. The molecule has 0 saturated heterocycles. The Morgan fingerprint density at radius 2 is 1.65 bits per heavy atom. The first kappa shape index (κ1) is 24.2. The summed E-state index contributed by atoms with van der Waals surface area (Å²) in [4.78, 5) is 18.2. The molecule has 0 spiro atoms. The fourth-order valence-corrected chi connectivity index (χ4v) is 2.26. The molecular weight excluding hydrogens is 362 g/mol. The summed E-state index contributed by atoms with van der Waals surface area (Å²) in [6.07, 6.45) is 0. The second-order valence-corrected chi connectivity index (χ2v) is 7.05. The standard InChI is InChI=1S/C16H26ClNO2.C2H2O4/c1-12-10-13(2)15(14(17)11-12)20-9-8-19-7-6-18-16(3,4)5;3-1(4)2(5)6/h10-11,18H,6-9H2,1-5H3;(H,3,4)(H,5,6). The molecule has 1 aromatic rings. The van der Waals surface area contributed by atoms with E-state index < -0.39 is 11.9 Å². The Labute approximate surface area is 159 Å². The van der Waals surface area contributed by atoms with E-state index in [0.29, 0.717) is 24.8 Å². The van der Waals surface area contributed by atoms with Gasteiger partial charge < -0.3 is 25.0 Å². The van der Waals surface area contributed by atoms with E-state index in [4.69, 9.17) is 40.9 Å². The van der Waals surface area contributed by atoms with Crippen molar-refractivity contribution in [2.45, 2.75) is 40.2 Å². The summed E-state index contributed by atoms with van der Waals surface area (Å²) in [6, 6.07) is 3.98. The van der Waals surface area contributed by atoms with E-state index in [1.165, 1.54) is 0 Å². The molecule has 1 aromatic carbocycles. The van der Waals surface area contributed by atoms with Gasteiger partial charge in [0.2, 0.25) is 0 Å². The van der Waals surface area contributed by atoms with Gasteiger partial charge in [0.15, 0.2) is 0 Å². The van der Waals surface area contributed by atoms with E-state index in [2.05, 4.69) is 32.2 Å². The van der Waals surface area contributed by atoms with Gasteiger partial charge in [0, 0.05) is 12.1 Å². The lowest BCUT2D eigenvalue weighted by Crippen LogP contribution is -2.38. The van der Waals surface area contributed by atoms with Crippen molar-refractivity contribution < 1.29 is 29.3 Å². The third-order valence-electron chi connectivity index (χ3n) is 2.93. The van der Waals surface area contributed by atoms with Crippen LogP contribution in [0, 0.1) is 13.8 Å². The van der Waals surface area contributed by atoms with Gasteiger partial charge in [0.05, 0.1) is 18.2 Å². The number of halogens is 1. The number of hydrogen-bond acceptors (Lipinski definition) is 5. The average molecular weight is 390 g/mol. The first-order chi connectivity index (χ1) is 11.9. The number of carbonyl (C=O) groups is 2. The predicted molar refractivity (Wildman–Crippen MR) is 100 cm³/mol. The maximum absolute atomic E-state index is 9.10. The van der Waals surface area contributed by atoms with Crippen molar-refractivity contribution in [3.05, 3.63) is 28.3 Å². The molecule has 1 rings (SSSR count). The Kier molecular flexibility index (Phi) is 10.9. The number of hydrogen-bond donors (Lipinski definition) is 3. The quantitative estimate of drug-likeness (QED) is 0.486. The van der Waals surface area contributed by atoms with E-state index >= 15 is 0 Å². The fourth-order valence-electron chi connectivity index (χ4n) is 1.89. The van der Waals surface area contributed by atoms with Crippen LogP contribution < -0.4 is 10.1 Å². The molecule has 26 heavy (non-hydrogen) atoms. The van der Waals surface area contributed by atoms with E-state index in [0.717, 1.165) is 23.4 Å². The number of aryl methyl sites for hydroxylation is 2. The summed E-state index contributed by atoms with van der Waals surface area (Å²) in [5.74, 6) is -2.89. The molecule has 0 aromatic heterocycles. The van der Waals surface area contributed by atoms with Crippen LogP contribution >= 0.6 is 11.6 Å². The summed E-state index contributed by atoms with van der Waals surface area (Å²) in [5.41, 5.74) is 2.33. The molecule has 0 amide bonds. The second kappa shape index (κ2) is 11.7. The summed E-state index contributed by atoms with van der Waals surface area (Å²) in [5, 5.41) is 18.8. The normalized spacial score (nSPS) is 10.7. The average Bonchev–Trinajstić information content (AvgIpc) is 2.47. The Morgan fingerprint density at radius 1 is 1.08 bits per heavy atom. The number of benzene rings is 1. The van der Waals surface area contributed by atoms with Gasteiger partial charge >= 0.3 is 11.9 Å². The SMILES string of the molecule is Cc1cc(C)c(OCCOCCNC(C)(C)C)c(Cl)c1.O=C(O)C(=O)O. The molecule has 0 aliphatic heterocycles. The van der Waals surface area contributed by atoms with Gasteiger partial charge in [-0.3, -0.25) is 0 Å². The van der Waals surface area contributed by atoms with Crippen LogP contribution in [0.4, 0.5) is 0 Å². The minimum absolute atomic E-state index is 0.131. The van der Waals surface area contributed by atoms with Crippen molar-refractivity contribution in [1.29, 1.82) is 0 Å². The number of ether oxygens (including phenoxy) is 2. The Hall–Kier alpha value is -1.83. The third kappa shape index (κ3) is 11.7. The zero-order valence-corrected chi connectivity index (χ0v) is 16.6. The van der Waals surface area contributed by atoms with Crippen LogP contribution in [-0.4, -0.2) is 54.1 Å². The molecule has 0 atom stereocenters. The van der Waals surface area contributed by atoms with Gasteiger partial charge in [-0.25, -0.2) is 9.59 Å². The Balaban J connectivity index is 0.000000896. The topological polar surface area (TPSA) is 105 Å². The predicted octanol–water partition coefficient (Wildman–Crippen LogP) is 2.90. The van der Waals surface area contributed by atoms with Gasteiger partial charge in [-0.1, -0.05) is 17.7 Å². The molecule has 8 heteroatoms. The zero-order chi connectivity index (χ0) is 20.3. The molecular formula is C18H28ClNO6. The number of aliphatic carboxylic acids is 2. The molecule has 0 fully saturated rings. The van der Waals surface area contributed by atoms with Crippen LogP contribution in [0.25, 0.3) is 0 Å². The molecule has 0 radical (unpaired) electrons. The van der Waals surface area contributed by atoms with Crippen molar-refractivity contribution in [3.63, 3.8) is 0 Å². The molecule has 0 saturated carbocycles. The summed E-state index contributed by atoms with van der Waals surface area (Å²) in [7, 11) is 0. The van der Waals surface area contributed by atoms with Gasteiger partial charge in [0.1, 0.15) is 12.4 Å². The van der Waals surface area contributed by atoms with Crippen LogP contribution in [-0.2, 0) is 14.3 Å². The fraction of sp³-hybridized carbons (Fsp3) is 0.556. The molecule has 3 N–H and O–H groups in total. The first-order valence-corrected chi connectivity index (χ1v) is 8.50. The van der Waals surface area contributed by atoms with Gasteiger partial charge in [-0.2, -0.15) is 0 Å². The van der Waals surface area contributed by atoms with Crippen LogP contribution in [0.2, 0.25) is 5.02 Å². The molecule has 7 nitrogen and oxygen atoms in total. The monoisotopic (exact) mass is 389 g/mol. The van der Waals surface area contributed by atoms with Crippen molar-refractivity contribution in [2.24, 2.45) is 0 Å². The summed E-state index contributed by atoms with van der Waals surface area (Å²) in [6.45, 7) is 13.0. The minimum atomic E-state index is -1.82. The summed E-state index contributed by atoms with van der Waals surface area (Å²) >= 11 is 6.17. The first-order valence-electron chi connectivity index (χ1n) is 8.12. The highest BCUT2D eigenvalue weighted by Crippen LogP contribution is 2.29. The van der Waals surface area contributed by atoms with Gasteiger partial charge in [0.25, 0.3) is 0 Å². The minimum Gasteiger partial charge on any atom is -0.489 e. The van der Waals surface area contributed by atoms with Crippen molar-refractivity contribution >= 4 is 23.5 Å². The second-order valence-electron chi connectivity index (χ2n) is 6.64. The van der Waals surface area contributed by atoms with Crippen molar-refractivity contribution in [3.8, 4) is 5.75 Å². The molecule has 0 bridgehead atoms. The molecule has 0 aliphatic carbocycles. The van der Waals surface area contributed by atoms with Crippen LogP contribution in [0.15, 0.2) is 12.1 Å². The smallest absolute Gasteiger partial charge is 0.414 e. The lowest BCUT2D eigenvalue weighted by atomic mass is 10.1. The number of carboxylic acids is 2. The largest absolute Gasteiger partial charge is 0.489 e. The Morgan fingerprint density at radius 3 is 2.12 bits per heavy atom. The number of carboxylic acid groups (broad SMARTS) is 2. The molecule has 148 valence electrons. The lowest BCUT2D eigenvalue weighted by molar-refractivity contribution is -0.159. The van der Waals surface area contributed by atoms with Gasteiger partial charge in [-0.15, -0.1) is 0 Å². The number of nitrogens with one attached hydrogen (secondary N) is 1. The molecule has 0 aliphatic rings. The van der Waals surface area contributed by atoms with Crippen LogP contribution in [0.5, 0.6) is 5.75 Å². The summed E-state index contributed by atoms with van der Waals surface area (Å²) < 4.78 is 11.2. The highest BCUT2D eigenvalue weighted by Gasteiger charge is 2.08. The Bertz CT molecular complexity index is 563. The zero-order valence-electron chi connectivity index (χ0n) is 15.9. The van der Waals surface area contributed by atoms with Gasteiger partial charge in [-0.05, 0) is 51.8 Å². The highest BCUT2D eigenvalue weighted by molar-refractivity contribution is 6.32. The maximum Gasteiger partial charge on any atom is 0.414 e. The molecule has 0 unspecified atom stereocenters. The lowest BCUT2D eigenvalue weighted by Gasteiger charge is -2.20. The maximum atomic E-state index is 9.10. The number of rotatable bonds is 7. The van der Waals surface area contributed by atoms with E-state index in [9.17, 15) is 0 Å². The van der Waals surface area contributed by atoms with Crippen molar-refractivity contribution in [1.82, 2.24) is 5.32 Å². The van der Waals surface area contributed by atoms with E-state index in [-0.39, 0.29) is 5.54 Å². The third-order valence-corrected chi connectivity index (χ3v) is 3.21. The molecule has 0 heterocycles. The van der Waals surface area contributed by atoms with E-state index in [1.54, 1.807) is 0 Å². The van der Waals surface area contributed by atoms with E-state index in [1.807, 2.05) is 19.9 Å². The van der Waals surface area contributed by atoms with Crippen molar-refractivity contribution in [2.75, 3.05) is 26.4 Å². The van der Waals surface area contributed by atoms with Crippen LogP contribution in [0.1, 0.15) is 31.9 Å². The van der Waals surface area contributed by atoms with Crippen LogP contribution in [0.3, 0.4) is 0 Å².